The molecule has 0 saturated carbocycles. The molecule has 1 heterocycles. The Kier molecular flexibility index (Phi) is 3.99. The van der Waals surface area contributed by atoms with Gasteiger partial charge in [0.1, 0.15) is 6.54 Å². The lowest BCUT2D eigenvalue weighted by Crippen LogP contribution is -2.39. The summed E-state index contributed by atoms with van der Waals surface area (Å²) in [6.07, 6.45) is 2.85. The quantitative estimate of drug-likeness (QED) is 0.651. The van der Waals surface area contributed by atoms with E-state index in [9.17, 15) is 9.59 Å². The molecule has 0 aliphatic heterocycles. The second-order valence-corrected chi connectivity index (χ2v) is 3.18. The molecule has 0 aliphatic carbocycles. The van der Waals surface area contributed by atoms with E-state index in [0.717, 1.165) is 0 Å². The van der Waals surface area contributed by atoms with E-state index in [-0.39, 0.29) is 25.1 Å². The zero-order chi connectivity index (χ0) is 11.3. The molecule has 2 N–H and O–H groups in total. The normalized spacial score (nSPS) is 12.1. The molecule has 0 bridgehead atoms. The number of aliphatic hydroxyl groups excluding tert-OH is 1. The summed E-state index contributed by atoms with van der Waals surface area (Å²) < 4.78 is 1.19. The maximum absolute atomic E-state index is 11.3. The molecule has 1 aromatic heterocycles. The highest BCUT2D eigenvalue weighted by molar-refractivity contribution is 5.75. The van der Waals surface area contributed by atoms with Gasteiger partial charge in [-0.1, -0.05) is 0 Å². The van der Waals surface area contributed by atoms with Crippen LogP contribution >= 0.6 is 0 Å². The topological polar surface area (TPSA) is 84.2 Å². The Bertz CT molecular complexity index is 388. The van der Waals surface area contributed by atoms with Gasteiger partial charge in [0, 0.05) is 18.4 Å². The summed E-state index contributed by atoms with van der Waals surface area (Å²) in [5.41, 5.74) is -0.468. The highest BCUT2D eigenvalue weighted by atomic mass is 16.3. The minimum Gasteiger partial charge on any atom is -0.394 e. The van der Waals surface area contributed by atoms with Gasteiger partial charge in [-0.15, -0.1) is 0 Å². The summed E-state index contributed by atoms with van der Waals surface area (Å²) in [7, 11) is 0. The Hall–Kier alpha value is -1.69. The molecule has 1 amide bonds. The van der Waals surface area contributed by atoms with Gasteiger partial charge in [0.05, 0.1) is 6.61 Å². The second-order valence-electron chi connectivity index (χ2n) is 3.18. The largest absolute Gasteiger partial charge is 0.394 e. The van der Waals surface area contributed by atoms with Crippen LogP contribution in [0.25, 0.3) is 0 Å². The van der Waals surface area contributed by atoms with Gasteiger partial charge in [-0.05, 0) is 13.0 Å². The average Bonchev–Trinajstić information content (AvgIpc) is 2.21. The van der Waals surface area contributed by atoms with E-state index in [1.54, 1.807) is 13.0 Å². The third-order valence-electron chi connectivity index (χ3n) is 1.78. The monoisotopic (exact) mass is 211 g/mol. The summed E-state index contributed by atoms with van der Waals surface area (Å²) in [6, 6.07) is 1.26. The fraction of sp³-hybridized carbons (Fsp3) is 0.444. The Balaban J connectivity index is 2.59. The minimum absolute atomic E-state index is 0.0863. The van der Waals surface area contributed by atoms with Crippen LogP contribution in [0, 0.1) is 0 Å². The van der Waals surface area contributed by atoms with Gasteiger partial charge < -0.3 is 10.4 Å². The fourth-order valence-electron chi connectivity index (χ4n) is 1.03. The SMILES string of the molecule is C[C@H](CO)NC(=O)Cn1cccnc1=O. The number of hydrogen-bond acceptors (Lipinski definition) is 4. The number of aromatic nitrogens is 2. The van der Waals surface area contributed by atoms with E-state index in [2.05, 4.69) is 10.3 Å². The van der Waals surface area contributed by atoms with Crippen molar-refractivity contribution in [1.29, 1.82) is 0 Å². The van der Waals surface area contributed by atoms with Crippen LogP contribution in [-0.4, -0.2) is 33.2 Å². The molecule has 0 spiro atoms. The molecule has 0 unspecified atom stereocenters. The lowest BCUT2D eigenvalue weighted by Gasteiger charge is -2.11. The Labute approximate surface area is 86.6 Å². The molecule has 6 nitrogen and oxygen atoms in total. The molecule has 0 aliphatic rings. The van der Waals surface area contributed by atoms with E-state index in [4.69, 9.17) is 5.11 Å². The van der Waals surface area contributed by atoms with Crippen molar-refractivity contribution in [2.45, 2.75) is 19.5 Å². The van der Waals surface area contributed by atoms with E-state index in [1.165, 1.54) is 17.0 Å². The number of aliphatic hydroxyl groups is 1. The van der Waals surface area contributed by atoms with E-state index in [0.29, 0.717) is 0 Å². The lowest BCUT2D eigenvalue weighted by molar-refractivity contribution is -0.122. The van der Waals surface area contributed by atoms with Crippen molar-refractivity contribution in [2.24, 2.45) is 0 Å². The van der Waals surface area contributed by atoms with Crippen molar-refractivity contribution < 1.29 is 9.90 Å². The molecule has 6 heteroatoms. The molecule has 15 heavy (non-hydrogen) atoms. The first-order valence-electron chi connectivity index (χ1n) is 4.55. The van der Waals surface area contributed by atoms with Gasteiger partial charge >= 0.3 is 5.69 Å². The van der Waals surface area contributed by atoms with Crippen molar-refractivity contribution in [2.75, 3.05) is 6.61 Å². The molecule has 0 saturated heterocycles. The first-order chi connectivity index (χ1) is 7.13. The first kappa shape index (κ1) is 11.4. The molecule has 82 valence electrons. The summed E-state index contributed by atoms with van der Waals surface area (Å²) in [4.78, 5) is 26.0. The van der Waals surface area contributed by atoms with Crippen molar-refractivity contribution >= 4 is 5.91 Å². The molecule has 1 atom stereocenters. The molecule has 0 radical (unpaired) electrons. The van der Waals surface area contributed by atoms with Crippen LogP contribution < -0.4 is 11.0 Å². The minimum atomic E-state index is -0.468. The fourth-order valence-corrected chi connectivity index (χ4v) is 1.03. The van der Waals surface area contributed by atoms with Crippen molar-refractivity contribution in [3.63, 3.8) is 0 Å². The van der Waals surface area contributed by atoms with E-state index < -0.39 is 5.69 Å². The standard InChI is InChI=1S/C9H13N3O3/c1-7(6-13)11-8(14)5-12-4-2-3-10-9(12)15/h2-4,7,13H,5-6H2,1H3,(H,11,14)/t7-/m1/s1. The number of nitrogens with one attached hydrogen (secondary N) is 1. The number of rotatable bonds is 4. The highest BCUT2D eigenvalue weighted by Gasteiger charge is 2.07. The Morgan fingerprint density at radius 3 is 3.07 bits per heavy atom. The smallest absolute Gasteiger partial charge is 0.347 e. The molecule has 0 aromatic carbocycles. The summed E-state index contributed by atoms with van der Waals surface area (Å²) in [6.45, 7) is 1.45. The van der Waals surface area contributed by atoms with Crippen LogP contribution in [0.5, 0.6) is 0 Å². The zero-order valence-corrected chi connectivity index (χ0v) is 8.38. The van der Waals surface area contributed by atoms with Gasteiger partial charge in [0.25, 0.3) is 0 Å². The van der Waals surface area contributed by atoms with Crippen LogP contribution in [-0.2, 0) is 11.3 Å². The lowest BCUT2D eigenvalue weighted by atomic mass is 10.3. The highest BCUT2D eigenvalue weighted by Crippen LogP contribution is 1.83. The summed E-state index contributed by atoms with van der Waals surface area (Å²) in [5, 5.41) is 11.2. The molecule has 0 fully saturated rings. The van der Waals surface area contributed by atoms with E-state index in [1.807, 2.05) is 0 Å². The Morgan fingerprint density at radius 2 is 2.47 bits per heavy atom. The van der Waals surface area contributed by atoms with Crippen molar-refractivity contribution in [3.05, 3.63) is 28.9 Å². The van der Waals surface area contributed by atoms with Gasteiger partial charge in [-0.2, -0.15) is 0 Å². The third kappa shape index (κ3) is 3.51. The van der Waals surface area contributed by atoms with Gasteiger partial charge in [0.2, 0.25) is 5.91 Å². The molecule has 1 rings (SSSR count). The maximum atomic E-state index is 11.3. The van der Waals surface area contributed by atoms with Crippen molar-refractivity contribution in [1.82, 2.24) is 14.9 Å². The summed E-state index contributed by atoms with van der Waals surface area (Å²) >= 11 is 0. The average molecular weight is 211 g/mol. The van der Waals surface area contributed by atoms with Crippen LogP contribution in [0.15, 0.2) is 23.3 Å². The van der Waals surface area contributed by atoms with Gasteiger partial charge in [-0.25, -0.2) is 9.78 Å². The van der Waals surface area contributed by atoms with Crippen LogP contribution in [0.3, 0.4) is 0 Å². The first-order valence-corrected chi connectivity index (χ1v) is 4.55. The molecular weight excluding hydrogens is 198 g/mol. The number of hydrogen-bond donors (Lipinski definition) is 2. The van der Waals surface area contributed by atoms with E-state index >= 15 is 0 Å². The zero-order valence-electron chi connectivity index (χ0n) is 8.38. The maximum Gasteiger partial charge on any atom is 0.347 e. The molecule has 1 aromatic rings. The van der Waals surface area contributed by atoms with Gasteiger partial charge in [0.15, 0.2) is 0 Å². The predicted octanol–water partition coefficient (Wildman–Crippen LogP) is -1.26. The van der Waals surface area contributed by atoms with Crippen LogP contribution in [0.4, 0.5) is 0 Å². The Morgan fingerprint density at radius 1 is 1.73 bits per heavy atom. The van der Waals surface area contributed by atoms with Crippen molar-refractivity contribution in [3.8, 4) is 0 Å². The third-order valence-corrected chi connectivity index (χ3v) is 1.78. The second kappa shape index (κ2) is 5.26. The number of carbonyl (C=O) groups excluding carboxylic acids is 1. The number of nitrogens with zero attached hydrogens (tertiary/aromatic N) is 2. The van der Waals surface area contributed by atoms with Gasteiger partial charge in [-0.3, -0.25) is 9.36 Å². The number of carbonyl (C=O) groups is 1. The predicted molar refractivity (Wildman–Crippen MR) is 53.2 cm³/mol. The number of amides is 1. The summed E-state index contributed by atoms with van der Waals surface area (Å²) in [5.74, 6) is -0.327. The molecular formula is C9H13N3O3. The van der Waals surface area contributed by atoms with Crippen LogP contribution in [0.2, 0.25) is 0 Å². The van der Waals surface area contributed by atoms with Crippen LogP contribution in [0.1, 0.15) is 6.92 Å².